The normalized spacial score (nSPS) is 9.89. The second-order valence-electron chi connectivity index (χ2n) is 4.52. The van der Waals surface area contributed by atoms with E-state index < -0.39 is 0 Å². The highest BCUT2D eigenvalue weighted by atomic mass is 15.1. The number of rotatable bonds is 6. The molecule has 19 heavy (non-hydrogen) atoms. The van der Waals surface area contributed by atoms with Gasteiger partial charge < -0.3 is 4.90 Å². The monoisotopic (exact) mass is 249 g/mol. The molecule has 0 bridgehead atoms. The Balaban J connectivity index is 2.02. The standard InChI is InChI=1S/C18H19N/c1-3-16-10-12-18(13-11-16)15-19(4-2)14-17-8-6-5-7-9-17/h3-13H,1-2,14-15H2. The zero-order valence-electron chi connectivity index (χ0n) is 11.1. The number of hydrogen-bond acceptors (Lipinski definition) is 1. The van der Waals surface area contributed by atoms with Crippen LogP contribution in [-0.2, 0) is 13.1 Å². The average Bonchev–Trinajstić information content (AvgIpc) is 2.48. The van der Waals surface area contributed by atoms with Crippen LogP contribution in [0.15, 0.2) is 74.0 Å². The smallest absolute Gasteiger partial charge is 0.0427 e. The van der Waals surface area contributed by atoms with E-state index in [-0.39, 0.29) is 0 Å². The average molecular weight is 249 g/mol. The minimum atomic E-state index is 0.871. The fourth-order valence-electron chi connectivity index (χ4n) is 2.00. The Labute approximate surface area is 115 Å². The molecule has 0 spiro atoms. The first kappa shape index (κ1) is 13.2. The molecule has 0 aliphatic heterocycles. The van der Waals surface area contributed by atoms with E-state index in [4.69, 9.17) is 0 Å². The minimum absolute atomic E-state index is 0.871. The van der Waals surface area contributed by atoms with Crippen molar-refractivity contribution in [2.24, 2.45) is 0 Å². The summed E-state index contributed by atoms with van der Waals surface area (Å²) in [5.74, 6) is 0. The van der Waals surface area contributed by atoms with Crippen LogP contribution in [0.5, 0.6) is 0 Å². The maximum Gasteiger partial charge on any atom is 0.0427 e. The van der Waals surface area contributed by atoms with E-state index in [2.05, 4.69) is 66.6 Å². The van der Waals surface area contributed by atoms with Crippen LogP contribution in [0.3, 0.4) is 0 Å². The highest BCUT2D eigenvalue weighted by molar-refractivity contribution is 5.47. The first-order valence-corrected chi connectivity index (χ1v) is 6.43. The van der Waals surface area contributed by atoms with Gasteiger partial charge in [0, 0.05) is 13.1 Å². The Morgan fingerprint density at radius 1 is 0.789 bits per heavy atom. The van der Waals surface area contributed by atoms with Crippen molar-refractivity contribution in [3.05, 3.63) is 90.6 Å². The van der Waals surface area contributed by atoms with Crippen molar-refractivity contribution in [2.45, 2.75) is 13.1 Å². The van der Waals surface area contributed by atoms with Gasteiger partial charge in [-0.25, -0.2) is 0 Å². The van der Waals surface area contributed by atoms with E-state index in [0.29, 0.717) is 0 Å². The summed E-state index contributed by atoms with van der Waals surface area (Å²) in [6.07, 6.45) is 3.76. The molecule has 0 unspecified atom stereocenters. The quantitative estimate of drug-likeness (QED) is 0.730. The molecule has 0 aliphatic carbocycles. The van der Waals surface area contributed by atoms with Gasteiger partial charge in [0.15, 0.2) is 0 Å². The summed E-state index contributed by atoms with van der Waals surface area (Å²) in [7, 11) is 0. The summed E-state index contributed by atoms with van der Waals surface area (Å²) in [5.41, 5.74) is 3.73. The van der Waals surface area contributed by atoms with E-state index in [1.54, 1.807) is 0 Å². The molecule has 0 amide bonds. The molecule has 96 valence electrons. The lowest BCUT2D eigenvalue weighted by Crippen LogP contribution is -2.15. The van der Waals surface area contributed by atoms with Crippen molar-refractivity contribution in [1.82, 2.24) is 4.90 Å². The van der Waals surface area contributed by atoms with Gasteiger partial charge >= 0.3 is 0 Å². The van der Waals surface area contributed by atoms with Crippen LogP contribution in [-0.4, -0.2) is 4.90 Å². The van der Waals surface area contributed by atoms with Crippen molar-refractivity contribution in [2.75, 3.05) is 0 Å². The molecule has 0 aliphatic rings. The molecule has 2 aromatic carbocycles. The molecule has 2 aromatic rings. The molecule has 0 N–H and O–H groups in total. The first-order chi connectivity index (χ1) is 9.31. The van der Waals surface area contributed by atoms with Gasteiger partial charge in [0.05, 0.1) is 0 Å². The van der Waals surface area contributed by atoms with E-state index in [1.165, 1.54) is 11.1 Å². The van der Waals surface area contributed by atoms with E-state index in [0.717, 1.165) is 18.7 Å². The lowest BCUT2D eigenvalue weighted by Gasteiger charge is -2.20. The highest BCUT2D eigenvalue weighted by Gasteiger charge is 2.02. The first-order valence-electron chi connectivity index (χ1n) is 6.43. The molecule has 0 fully saturated rings. The van der Waals surface area contributed by atoms with Crippen LogP contribution >= 0.6 is 0 Å². The van der Waals surface area contributed by atoms with Gasteiger partial charge in [-0.1, -0.05) is 73.8 Å². The molecular formula is C18H19N. The molecule has 0 radical (unpaired) electrons. The predicted molar refractivity (Wildman–Crippen MR) is 82.4 cm³/mol. The summed E-state index contributed by atoms with van der Waals surface area (Å²) in [4.78, 5) is 2.21. The largest absolute Gasteiger partial charge is 0.369 e. The molecule has 0 saturated heterocycles. The maximum atomic E-state index is 3.90. The Hall–Kier alpha value is -2.28. The Kier molecular flexibility index (Phi) is 4.57. The molecule has 0 heterocycles. The zero-order valence-corrected chi connectivity index (χ0v) is 11.1. The summed E-state index contributed by atoms with van der Waals surface area (Å²) in [6.45, 7) is 9.42. The third-order valence-electron chi connectivity index (χ3n) is 3.09. The fraction of sp³-hybridized carbons (Fsp3) is 0.111. The number of nitrogens with zero attached hydrogens (tertiary/aromatic N) is 1. The molecule has 2 rings (SSSR count). The van der Waals surface area contributed by atoms with Crippen LogP contribution in [0.1, 0.15) is 16.7 Å². The topological polar surface area (TPSA) is 3.24 Å². The summed E-state index contributed by atoms with van der Waals surface area (Å²) in [6, 6.07) is 18.9. The van der Waals surface area contributed by atoms with Crippen LogP contribution in [0.25, 0.3) is 6.08 Å². The Morgan fingerprint density at radius 2 is 1.37 bits per heavy atom. The predicted octanol–water partition coefficient (Wildman–Crippen LogP) is 4.48. The third-order valence-corrected chi connectivity index (χ3v) is 3.09. The minimum Gasteiger partial charge on any atom is -0.369 e. The second kappa shape index (κ2) is 6.60. The van der Waals surface area contributed by atoms with Gasteiger partial charge in [-0.3, -0.25) is 0 Å². The van der Waals surface area contributed by atoms with Crippen molar-refractivity contribution in [1.29, 1.82) is 0 Å². The van der Waals surface area contributed by atoms with Crippen LogP contribution in [0.4, 0.5) is 0 Å². The van der Waals surface area contributed by atoms with Crippen molar-refractivity contribution in [3.8, 4) is 0 Å². The van der Waals surface area contributed by atoms with E-state index >= 15 is 0 Å². The van der Waals surface area contributed by atoms with Gasteiger partial charge in [0.2, 0.25) is 0 Å². The Morgan fingerprint density at radius 3 is 1.89 bits per heavy atom. The van der Waals surface area contributed by atoms with Gasteiger partial charge in [-0.05, 0) is 22.9 Å². The number of benzene rings is 2. The van der Waals surface area contributed by atoms with Gasteiger partial charge in [0.25, 0.3) is 0 Å². The lowest BCUT2D eigenvalue weighted by molar-refractivity contribution is 0.363. The molecule has 1 nitrogen and oxygen atoms in total. The van der Waals surface area contributed by atoms with E-state index in [9.17, 15) is 0 Å². The summed E-state index contributed by atoms with van der Waals surface area (Å²) >= 11 is 0. The van der Waals surface area contributed by atoms with Gasteiger partial charge in [-0.2, -0.15) is 0 Å². The third kappa shape index (κ3) is 3.85. The molecule has 1 heteroatoms. The van der Waals surface area contributed by atoms with Gasteiger partial charge in [0.1, 0.15) is 0 Å². The van der Waals surface area contributed by atoms with E-state index in [1.807, 2.05) is 18.3 Å². The molecule has 0 atom stereocenters. The van der Waals surface area contributed by atoms with Crippen molar-refractivity contribution < 1.29 is 0 Å². The van der Waals surface area contributed by atoms with Crippen LogP contribution in [0.2, 0.25) is 0 Å². The Bertz CT molecular complexity index is 525. The van der Waals surface area contributed by atoms with Crippen LogP contribution < -0.4 is 0 Å². The maximum absolute atomic E-state index is 3.90. The lowest BCUT2D eigenvalue weighted by atomic mass is 10.1. The van der Waals surface area contributed by atoms with Crippen LogP contribution in [0, 0.1) is 0 Å². The molecule has 0 saturated carbocycles. The van der Waals surface area contributed by atoms with Crippen molar-refractivity contribution >= 4 is 6.08 Å². The molecular weight excluding hydrogens is 230 g/mol. The second-order valence-corrected chi connectivity index (χ2v) is 4.52. The zero-order chi connectivity index (χ0) is 13.5. The SMILES string of the molecule is C=Cc1ccc(CN(C=C)Cc2ccccc2)cc1. The highest BCUT2D eigenvalue weighted by Crippen LogP contribution is 2.11. The van der Waals surface area contributed by atoms with Crippen molar-refractivity contribution in [3.63, 3.8) is 0 Å². The fourth-order valence-corrected chi connectivity index (χ4v) is 2.00. The summed E-state index contributed by atoms with van der Waals surface area (Å²) < 4.78 is 0. The van der Waals surface area contributed by atoms with Gasteiger partial charge in [-0.15, -0.1) is 0 Å². The molecule has 0 aromatic heterocycles. The number of hydrogen-bond donors (Lipinski definition) is 0. The summed E-state index contributed by atoms with van der Waals surface area (Å²) in [5, 5.41) is 0.